The molecular weight excluding hydrogens is 402 g/mol. The molecule has 1 fully saturated rings. The Morgan fingerprint density at radius 1 is 1.00 bits per heavy atom. The van der Waals surface area contributed by atoms with Gasteiger partial charge in [0.2, 0.25) is 11.8 Å². The van der Waals surface area contributed by atoms with Gasteiger partial charge in [0.25, 0.3) is 0 Å². The summed E-state index contributed by atoms with van der Waals surface area (Å²) in [6.07, 6.45) is 0.739. The van der Waals surface area contributed by atoms with Gasteiger partial charge in [-0.1, -0.05) is 72.7 Å². The van der Waals surface area contributed by atoms with E-state index in [1.807, 2.05) is 23.8 Å². The quantitative estimate of drug-likeness (QED) is 0.544. The highest BCUT2D eigenvalue weighted by Gasteiger charge is 2.28. The molecule has 1 aliphatic rings. The summed E-state index contributed by atoms with van der Waals surface area (Å²) in [5.74, 6) is 1.39. The first-order chi connectivity index (χ1) is 15.6. The molecule has 0 spiro atoms. The van der Waals surface area contributed by atoms with Crippen LogP contribution >= 0.6 is 0 Å². The highest BCUT2D eigenvalue weighted by molar-refractivity contribution is 5.78. The van der Waals surface area contributed by atoms with E-state index in [4.69, 9.17) is 4.52 Å². The number of carbonyl (C=O) groups is 1. The average molecular weight is 434 g/mol. The molecule has 1 saturated heterocycles. The van der Waals surface area contributed by atoms with Crippen molar-refractivity contribution < 1.29 is 9.32 Å². The Bertz CT molecular complexity index is 944. The predicted octanol–water partition coefficient (Wildman–Crippen LogP) is 3.00. The van der Waals surface area contributed by atoms with Gasteiger partial charge >= 0.3 is 0 Å². The molecule has 0 unspecified atom stereocenters. The molecule has 0 bridgehead atoms. The molecule has 0 saturated carbocycles. The van der Waals surface area contributed by atoms with Crippen molar-refractivity contribution in [2.24, 2.45) is 0 Å². The van der Waals surface area contributed by atoms with Crippen molar-refractivity contribution in [1.82, 2.24) is 24.8 Å². The monoisotopic (exact) mass is 433 g/mol. The first-order valence-corrected chi connectivity index (χ1v) is 11.3. The molecule has 3 aromatic rings. The Labute approximate surface area is 189 Å². The van der Waals surface area contributed by atoms with E-state index in [9.17, 15) is 4.79 Å². The van der Waals surface area contributed by atoms with Crippen LogP contribution in [-0.2, 0) is 17.8 Å². The van der Waals surface area contributed by atoms with E-state index in [2.05, 4.69) is 75.7 Å². The Morgan fingerprint density at radius 3 is 2.12 bits per heavy atom. The zero-order valence-electron chi connectivity index (χ0n) is 18.9. The molecule has 0 radical (unpaired) electrons. The molecule has 0 aliphatic carbocycles. The lowest BCUT2D eigenvalue weighted by molar-refractivity contribution is -0.134. The number of carbonyl (C=O) groups excluding carboxylic acids is 1. The molecule has 7 nitrogen and oxygen atoms in total. The van der Waals surface area contributed by atoms with Gasteiger partial charge in [0.1, 0.15) is 0 Å². The van der Waals surface area contributed by atoms with E-state index in [1.165, 1.54) is 11.1 Å². The van der Waals surface area contributed by atoms with Crippen molar-refractivity contribution in [1.29, 1.82) is 0 Å². The smallest absolute Gasteiger partial charge is 0.240 e. The normalized spacial score (nSPS) is 14.9. The summed E-state index contributed by atoms with van der Waals surface area (Å²) in [7, 11) is 1.91. The molecule has 1 aliphatic heterocycles. The van der Waals surface area contributed by atoms with Crippen LogP contribution in [0.2, 0.25) is 0 Å². The summed E-state index contributed by atoms with van der Waals surface area (Å²) in [6, 6.07) is 21.4. The van der Waals surface area contributed by atoms with Gasteiger partial charge in [-0.3, -0.25) is 14.6 Å². The van der Waals surface area contributed by atoms with Gasteiger partial charge in [-0.15, -0.1) is 0 Å². The molecule has 1 aromatic heterocycles. The van der Waals surface area contributed by atoms with E-state index in [-0.39, 0.29) is 11.9 Å². The maximum absolute atomic E-state index is 12.9. The van der Waals surface area contributed by atoms with Gasteiger partial charge in [0.05, 0.1) is 19.1 Å². The Hall–Kier alpha value is -3.03. The summed E-state index contributed by atoms with van der Waals surface area (Å²) in [5, 5.41) is 3.92. The molecule has 2 heterocycles. The highest BCUT2D eigenvalue weighted by Crippen LogP contribution is 2.29. The zero-order chi connectivity index (χ0) is 22.3. The van der Waals surface area contributed by atoms with Crippen molar-refractivity contribution in [3.8, 4) is 0 Å². The highest BCUT2D eigenvalue weighted by atomic mass is 16.5. The first-order valence-electron chi connectivity index (χ1n) is 11.3. The summed E-state index contributed by atoms with van der Waals surface area (Å²) in [6.45, 7) is 5.93. The predicted molar refractivity (Wildman–Crippen MR) is 123 cm³/mol. The van der Waals surface area contributed by atoms with Crippen molar-refractivity contribution in [3.05, 3.63) is 83.5 Å². The number of likely N-dealkylation sites (N-methyl/N-ethyl adjacent to an activating group) is 1. The SMILES string of the molecule is CCc1noc(CN(C)CC(=O)N2CCN(C(c3ccccc3)c3ccccc3)CC2)n1. The lowest BCUT2D eigenvalue weighted by Crippen LogP contribution is -2.51. The number of benzene rings is 2. The lowest BCUT2D eigenvalue weighted by atomic mass is 9.96. The molecule has 2 aromatic carbocycles. The Kier molecular flexibility index (Phi) is 7.29. The Balaban J connectivity index is 1.35. The molecule has 32 heavy (non-hydrogen) atoms. The van der Waals surface area contributed by atoms with Crippen LogP contribution < -0.4 is 0 Å². The fourth-order valence-electron chi connectivity index (χ4n) is 4.23. The molecule has 1 amide bonds. The number of aromatic nitrogens is 2. The fraction of sp³-hybridized carbons (Fsp3) is 0.400. The number of hydrogen-bond donors (Lipinski definition) is 0. The summed E-state index contributed by atoms with van der Waals surface area (Å²) < 4.78 is 5.24. The number of nitrogens with zero attached hydrogens (tertiary/aromatic N) is 5. The minimum atomic E-state index is 0.137. The molecule has 7 heteroatoms. The van der Waals surface area contributed by atoms with Gasteiger partial charge in [-0.2, -0.15) is 4.98 Å². The fourth-order valence-corrected chi connectivity index (χ4v) is 4.23. The number of aryl methyl sites for hydroxylation is 1. The maximum Gasteiger partial charge on any atom is 0.240 e. The van der Waals surface area contributed by atoms with Gasteiger partial charge in [-0.05, 0) is 18.2 Å². The average Bonchev–Trinajstić information content (AvgIpc) is 3.28. The zero-order valence-corrected chi connectivity index (χ0v) is 18.9. The topological polar surface area (TPSA) is 65.7 Å². The second kappa shape index (κ2) is 10.5. The second-order valence-electron chi connectivity index (χ2n) is 8.27. The van der Waals surface area contributed by atoms with Crippen LogP contribution in [-0.4, -0.2) is 70.5 Å². The maximum atomic E-state index is 12.9. The van der Waals surface area contributed by atoms with Crippen molar-refractivity contribution >= 4 is 5.91 Å². The lowest BCUT2D eigenvalue weighted by Gasteiger charge is -2.40. The minimum Gasteiger partial charge on any atom is -0.339 e. The number of hydrogen-bond acceptors (Lipinski definition) is 6. The van der Waals surface area contributed by atoms with Crippen molar-refractivity contribution in [2.45, 2.75) is 25.9 Å². The third-order valence-electron chi connectivity index (χ3n) is 5.90. The Morgan fingerprint density at radius 2 is 1.59 bits per heavy atom. The number of amides is 1. The van der Waals surface area contributed by atoms with Crippen molar-refractivity contribution in [3.63, 3.8) is 0 Å². The van der Waals surface area contributed by atoms with Crippen LogP contribution in [0.1, 0.15) is 35.8 Å². The largest absolute Gasteiger partial charge is 0.339 e. The van der Waals surface area contributed by atoms with Crippen LogP contribution in [0.15, 0.2) is 65.2 Å². The summed E-state index contributed by atoms with van der Waals surface area (Å²) >= 11 is 0. The third-order valence-corrected chi connectivity index (χ3v) is 5.90. The summed E-state index contributed by atoms with van der Waals surface area (Å²) in [5.41, 5.74) is 2.56. The molecule has 168 valence electrons. The van der Waals surface area contributed by atoms with Gasteiger partial charge in [-0.25, -0.2) is 0 Å². The standard InChI is InChI=1S/C25H31N5O2/c1-3-22-26-23(32-27-22)18-28(2)19-24(31)29-14-16-30(17-15-29)25(20-10-6-4-7-11-20)21-12-8-5-9-13-21/h4-13,25H,3,14-19H2,1-2H3. The molecule has 0 N–H and O–H groups in total. The van der Waals surface area contributed by atoms with Crippen molar-refractivity contribution in [2.75, 3.05) is 39.8 Å². The third kappa shape index (κ3) is 5.41. The van der Waals surface area contributed by atoms with Gasteiger partial charge in [0, 0.05) is 32.6 Å². The molecule has 0 atom stereocenters. The van der Waals surface area contributed by atoms with E-state index in [0.29, 0.717) is 24.8 Å². The molecule has 4 rings (SSSR count). The number of piperazine rings is 1. The van der Waals surface area contributed by atoms with Crippen LogP contribution in [0, 0.1) is 0 Å². The van der Waals surface area contributed by atoms with E-state index >= 15 is 0 Å². The van der Waals surface area contributed by atoms with Crippen LogP contribution in [0.5, 0.6) is 0 Å². The summed E-state index contributed by atoms with van der Waals surface area (Å²) in [4.78, 5) is 23.6. The van der Waals surface area contributed by atoms with Crippen LogP contribution in [0.25, 0.3) is 0 Å². The van der Waals surface area contributed by atoms with Crippen LogP contribution in [0.3, 0.4) is 0 Å². The van der Waals surface area contributed by atoms with E-state index < -0.39 is 0 Å². The molecular formula is C25H31N5O2. The minimum absolute atomic E-state index is 0.137. The van der Waals surface area contributed by atoms with Gasteiger partial charge in [0.15, 0.2) is 5.82 Å². The number of rotatable bonds is 8. The van der Waals surface area contributed by atoms with E-state index in [1.54, 1.807) is 0 Å². The second-order valence-corrected chi connectivity index (χ2v) is 8.27. The van der Waals surface area contributed by atoms with Gasteiger partial charge < -0.3 is 9.42 Å². The first kappa shape index (κ1) is 22.2. The van der Waals surface area contributed by atoms with E-state index in [0.717, 1.165) is 32.6 Å². The van der Waals surface area contributed by atoms with Crippen LogP contribution in [0.4, 0.5) is 0 Å².